The monoisotopic (exact) mass is 255 g/mol. The summed E-state index contributed by atoms with van der Waals surface area (Å²) in [5.41, 5.74) is 0. The molecular weight excluding hydrogens is 234 g/mol. The van der Waals surface area contributed by atoms with Gasteiger partial charge in [0.15, 0.2) is 0 Å². The summed E-state index contributed by atoms with van der Waals surface area (Å²) < 4.78 is 5.79. The molecule has 2 heterocycles. The number of nitrogens with zero attached hydrogens (tertiary/aromatic N) is 3. The smallest absolute Gasteiger partial charge is 0.131 e. The topological polar surface area (TPSA) is 38.2 Å². The average Bonchev–Trinajstić information content (AvgIpc) is 2.63. The number of morpholine rings is 1. The largest absolute Gasteiger partial charge is 0.376 e. The van der Waals surface area contributed by atoms with Crippen LogP contribution < -0.4 is 0 Å². The van der Waals surface area contributed by atoms with Crippen LogP contribution in [0.25, 0.3) is 0 Å². The summed E-state index contributed by atoms with van der Waals surface area (Å²) in [6.07, 6.45) is 1.53. The van der Waals surface area contributed by atoms with Gasteiger partial charge in [0.1, 0.15) is 10.0 Å². The van der Waals surface area contributed by atoms with E-state index in [9.17, 15) is 0 Å². The quantitative estimate of drug-likeness (QED) is 0.826. The van der Waals surface area contributed by atoms with Crippen LogP contribution in [-0.4, -0.2) is 40.9 Å². The average molecular weight is 255 g/mol. The van der Waals surface area contributed by atoms with Crippen molar-refractivity contribution >= 4 is 11.3 Å². The molecule has 1 atom stereocenters. The van der Waals surface area contributed by atoms with Crippen molar-refractivity contribution in [2.24, 2.45) is 5.92 Å². The lowest BCUT2D eigenvalue weighted by atomic mass is 10.0. The summed E-state index contributed by atoms with van der Waals surface area (Å²) in [5, 5.41) is 10.4. The SMILES string of the molecule is Cc1nnc(CN2CCO[C@@H](CC(C)C)C2)s1. The fourth-order valence-corrected chi connectivity index (χ4v) is 2.94. The number of ether oxygens (including phenoxy) is 1. The number of hydrogen-bond donors (Lipinski definition) is 0. The highest BCUT2D eigenvalue weighted by Gasteiger charge is 2.22. The summed E-state index contributed by atoms with van der Waals surface area (Å²) >= 11 is 1.69. The summed E-state index contributed by atoms with van der Waals surface area (Å²) in [6.45, 7) is 10.3. The van der Waals surface area contributed by atoms with Gasteiger partial charge in [-0.05, 0) is 19.3 Å². The number of hydrogen-bond acceptors (Lipinski definition) is 5. The van der Waals surface area contributed by atoms with Gasteiger partial charge in [0.25, 0.3) is 0 Å². The lowest BCUT2D eigenvalue weighted by Gasteiger charge is -2.33. The molecule has 1 fully saturated rings. The Kier molecular flexibility index (Phi) is 4.48. The van der Waals surface area contributed by atoms with Crippen LogP contribution in [0.2, 0.25) is 0 Å². The van der Waals surface area contributed by atoms with Gasteiger partial charge in [-0.3, -0.25) is 4.90 Å². The van der Waals surface area contributed by atoms with Crippen molar-refractivity contribution in [2.75, 3.05) is 19.7 Å². The highest BCUT2D eigenvalue weighted by atomic mass is 32.1. The zero-order valence-corrected chi connectivity index (χ0v) is 11.7. The van der Waals surface area contributed by atoms with E-state index in [4.69, 9.17) is 4.74 Å². The van der Waals surface area contributed by atoms with Gasteiger partial charge < -0.3 is 4.74 Å². The molecule has 1 aromatic rings. The Balaban J connectivity index is 1.85. The van der Waals surface area contributed by atoms with E-state index < -0.39 is 0 Å². The van der Waals surface area contributed by atoms with E-state index in [1.54, 1.807) is 11.3 Å². The van der Waals surface area contributed by atoms with Gasteiger partial charge in [-0.25, -0.2) is 0 Å². The second-order valence-corrected chi connectivity index (χ2v) is 6.34. The van der Waals surface area contributed by atoms with Gasteiger partial charge in [-0.1, -0.05) is 13.8 Å². The first kappa shape index (κ1) is 12.9. The summed E-state index contributed by atoms with van der Waals surface area (Å²) in [7, 11) is 0. The third-order valence-electron chi connectivity index (χ3n) is 2.88. The summed E-state index contributed by atoms with van der Waals surface area (Å²) in [5.74, 6) is 0.698. The van der Waals surface area contributed by atoms with E-state index in [1.165, 1.54) is 0 Å². The Labute approximate surface area is 107 Å². The molecule has 0 saturated carbocycles. The first-order chi connectivity index (χ1) is 8.13. The van der Waals surface area contributed by atoms with Crippen LogP contribution in [0.5, 0.6) is 0 Å². The number of rotatable bonds is 4. The standard InChI is InChI=1S/C12H21N3OS/c1-9(2)6-11-7-15(4-5-16-11)8-12-14-13-10(3)17-12/h9,11H,4-8H2,1-3H3/t11-/m0/s1. The Hall–Kier alpha value is -0.520. The third-order valence-corrected chi connectivity index (χ3v) is 3.71. The van der Waals surface area contributed by atoms with Crippen LogP contribution >= 0.6 is 11.3 Å². The van der Waals surface area contributed by atoms with Gasteiger partial charge in [-0.2, -0.15) is 0 Å². The molecule has 96 valence electrons. The van der Waals surface area contributed by atoms with E-state index in [0.29, 0.717) is 12.0 Å². The van der Waals surface area contributed by atoms with Gasteiger partial charge in [-0.15, -0.1) is 21.5 Å². The molecule has 17 heavy (non-hydrogen) atoms. The van der Waals surface area contributed by atoms with E-state index in [1.807, 2.05) is 6.92 Å². The molecule has 1 saturated heterocycles. The van der Waals surface area contributed by atoms with Crippen molar-refractivity contribution in [1.29, 1.82) is 0 Å². The lowest BCUT2D eigenvalue weighted by molar-refractivity contribution is -0.0400. The van der Waals surface area contributed by atoms with Gasteiger partial charge in [0.2, 0.25) is 0 Å². The molecule has 2 rings (SSSR count). The maximum Gasteiger partial charge on any atom is 0.131 e. The maximum atomic E-state index is 5.79. The van der Waals surface area contributed by atoms with Crippen molar-refractivity contribution in [2.45, 2.75) is 39.8 Å². The van der Waals surface area contributed by atoms with Crippen molar-refractivity contribution in [3.8, 4) is 0 Å². The molecule has 0 aromatic carbocycles. The number of aryl methyl sites for hydroxylation is 1. The molecule has 0 amide bonds. The molecule has 1 aromatic heterocycles. The van der Waals surface area contributed by atoms with Crippen LogP contribution in [0, 0.1) is 12.8 Å². The van der Waals surface area contributed by atoms with E-state index in [2.05, 4.69) is 28.9 Å². The summed E-state index contributed by atoms with van der Waals surface area (Å²) in [6, 6.07) is 0. The van der Waals surface area contributed by atoms with Crippen molar-refractivity contribution in [3.63, 3.8) is 0 Å². The Bertz CT molecular complexity index is 353. The van der Waals surface area contributed by atoms with Crippen LogP contribution in [0.3, 0.4) is 0 Å². The first-order valence-electron chi connectivity index (χ1n) is 6.26. The van der Waals surface area contributed by atoms with E-state index in [-0.39, 0.29) is 0 Å². The molecule has 1 aliphatic heterocycles. The second kappa shape index (κ2) is 5.89. The molecule has 5 heteroatoms. The molecule has 4 nitrogen and oxygen atoms in total. The number of aromatic nitrogens is 2. The minimum absolute atomic E-state index is 0.387. The van der Waals surface area contributed by atoms with Gasteiger partial charge in [0.05, 0.1) is 19.3 Å². The molecule has 0 radical (unpaired) electrons. The van der Waals surface area contributed by atoms with Crippen molar-refractivity contribution < 1.29 is 4.74 Å². The van der Waals surface area contributed by atoms with Crippen LogP contribution in [0.4, 0.5) is 0 Å². The third kappa shape index (κ3) is 4.01. The van der Waals surface area contributed by atoms with Crippen LogP contribution in [0.1, 0.15) is 30.3 Å². The van der Waals surface area contributed by atoms with E-state index in [0.717, 1.165) is 42.7 Å². The summed E-state index contributed by atoms with van der Waals surface area (Å²) in [4.78, 5) is 2.43. The molecule has 0 aliphatic carbocycles. The molecule has 1 aliphatic rings. The van der Waals surface area contributed by atoms with Crippen molar-refractivity contribution in [3.05, 3.63) is 10.0 Å². The maximum absolute atomic E-state index is 5.79. The zero-order chi connectivity index (χ0) is 12.3. The van der Waals surface area contributed by atoms with E-state index >= 15 is 0 Å². The van der Waals surface area contributed by atoms with Gasteiger partial charge >= 0.3 is 0 Å². The van der Waals surface area contributed by atoms with Crippen LogP contribution in [-0.2, 0) is 11.3 Å². The molecule has 0 bridgehead atoms. The Morgan fingerprint density at radius 3 is 2.94 bits per heavy atom. The minimum Gasteiger partial charge on any atom is -0.376 e. The van der Waals surface area contributed by atoms with Gasteiger partial charge in [0, 0.05) is 13.1 Å². The predicted molar refractivity (Wildman–Crippen MR) is 69.1 cm³/mol. The molecular formula is C12H21N3OS. The molecule has 0 unspecified atom stereocenters. The van der Waals surface area contributed by atoms with Crippen molar-refractivity contribution in [1.82, 2.24) is 15.1 Å². The van der Waals surface area contributed by atoms with Crippen LogP contribution in [0.15, 0.2) is 0 Å². The Morgan fingerprint density at radius 1 is 1.47 bits per heavy atom. The minimum atomic E-state index is 0.387. The highest BCUT2D eigenvalue weighted by Crippen LogP contribution is 2.17. The zero-order valence-electron chi connectivity index (χ0n) is 10.8. The fraction of sp³-hybridized carbons (Fsp3) is 0.833. The Morgan fingerprint density at radius 2 is 2.29 bits per heavy atom. The second-order valence-electron chi connectivity index (χ2n) is 5.07. The normalized spacial score (nSPS) is 22.2. The molecule has 0 N–H and O–H groups in total. The first-order valence-corrected chi connectivity index (χ1v) is 7.08. The predicted octanol–water partition coefficient (Wildman–Crippen LogP) is 2.09. The molecule has 0 spiro atoms. The lowest BCUT2D eigenvalue weighted by Crippen LogP contribution is -2.42. The highest BCUT2D eigenvalue weighted by molar-refractivity contribution is 7.11. The fourth-order valence-electron chi connectivity index (χ4n) is 2.19.